The number of fused-ring (bicyclic) bond motifs is 2. The van der Waals surface area contributed by atoms with E-state index in [1.807, 2.05) is 36.4 Å². The minimum atomic E-state index is -5.07. The summed E-state index contributed by atoms with van der Waals surface area (Å²) < 4.78 is 19.2. The molecule has 0 fully saturated rings. The first-order valence-corrected chi connectivity index (χ1v) is 20.6. The van der Waals surface area contributed by atoms with Crippen LogP contribution in [0.25, 0.3) is 120 Å². The number of phosphoric ester groups is 1. The molecule has 57 heavy (non-hydrogen) atoms. The smallest absolute Gasteiger partial charge is 0.403 e. The molecule has 0 amide bonds. The Bertz CT molecular complexity index is 3640. The second kappa shape index (κ2) is 11.8. The Morgan fingerprint density at radius 1 is 0.351 bits per heavy atom. The van der Waals surface area contributed by atoms with Crippen LogP contribution in [0.15, 0.2) is 176 Å². The Hall–Kier alpha value is -6.81. The molecule has 0 heterocycles. The molecule has 0 aliphatic heterocycles. The molecule has 2 N–H and O–H groups in total. The lowest BCUT2D eigenvalue weighted by molar-refractivity contribution is 0.284. The van der Waals surface area contributed by atoms with Crippen molar-refractivity contribution in [3.63, 3.8) is 0 Å². The summed E-state index contributed by atoms with van der Waals surface area (Å²) in [5, 5.41) is 17.6. The SMILES string of the molecule is O=P(O)(O)Oc1c(-c2ccc3ccc4cccc5ccc2c3c45)cc2ccccc2c1-c1cc(-c2ccc3ccc4cccc5ccc2c3c45)cc2ccccc12. The van der Waals surface area contributed by atoms with Crippen molar-refractivity contribution in [3.8, 4) is 39.1 Å². The Kier molecular flexibility index (Phi) is 6.74. The van der Waals surface area contributed by atoms with Gasteiger partial charge in [-0.15, -0.1) is 0 Å². The van der Waals surface area contributed by atoms with Gasteiger partial charge in [-0.2, -0.15) is 0 Å². The molecule has 0 aliphatic rings. The molecule has 268 valence electrons. The minimum absolute atomic E-state index is 0.148. The molecule has 0 spiro atoms. The second-order valence-corrected chi connectivity index (χ2v) is 16.3. The highest BCUT2D eigenvalue weighted by atomic mass is 31.2. The van der Waals surface area contributed by atoms with E-state index in [9.17, 15) is 14.4 Å². The largest absolute Gasteiger partial charge is 0.524 e. The summed E-state index contributed by atoms with van der Waals surface area (Å²) in [4.78, 5) is 21.4. The van der Waals surface area contributed by atoms with E-state index < -0.39 is 7.82 Å². The molecule has 0 aromatic heterocycles. The topological polar surface area (TPSA) is 66.8 Å². The van der Waals surface area contributed by atoms with E-state index >= 15 is 0 Å². The average Bonchev–Trinajstić information content (AvgIpc) is 3.23. The molecule has 0 saturated carbocycles. The van der Waals surface area contributed by atoms with Crippen molar-refractivity contribution in [2.75, 3.05) is 0 Å². The van der Waals surface area contributed by atoms with Crippen molar-refractivity contribution in [1.82, 2.24) is 0 Å². The summed E-state index contributed by atoms with van der Waals surface area (Å²) in [6.07, 6.45) is 0. The van der Waals surface area contributed by atoms with Crippen molar-refractivity contribution < 1.29 is 18.9 Å². The number of rotatable bonds is 5. The predicted molar refractivity (Wildman–Crippen MR) is 238 cm³/mol. The Labute approximate surface area is 326 Å². The molecule has 0 radical (unpaired) electrons. The van der Waals surface area contributed by atoms with Crippen LogP contribution in [0, 0.1) is 0 Å². The summed E-state index contributed by atoms with van der Waals surface area (Å²) in [5.41, 5.74) is 4.99. The molecule has 12 aromatic rings. The summed E-state index contributed by atoms with van der Waals surface area (Å²) in [6, 6.07) is 61.4. The molecule has 12 aromatic carbocycles. The maximum absolute atomic E-state index is 13.2. The van der Waals surface area contributed by atoms with Gasteiger partial charge >= 0.3 is 7.82 Å². The van der Waals surface area contributed by atoms with Crippen LogP contribution >= 0.6 is 7.82 Å². The first-order chi connectivity index (χ1) is 27.9. The van der Waals surface area contributed by atoms with Crippen LogP contribution in [0.2, 0.25) is 0 Å². The van der Waals surface area contributed by atoms with E-state index in [0.29, 0.717) is 11.1 Å². The minimum Gasteiger partial charge on any atom is -0.403 e. The maximum atomic E-state index is 13.2. The highest BCUT2D eigenvalue weighted by molar-refractivity contribution is 7.46. The Balaban J connectivity index is 1.20. The van der Waals surface area contributed by atoms with Crippen LogP contribution in [-0.4, -0.2) is 9.79 Å². The summed E-state index contributed by atoms with van der Waals surface area (Å²) in [7, 11) is -5.07. The van der Waals surface area contributed by atoms with Gasteiger partial charge in [-0.05, 0) is 127 Å². The van der Waals surface area contributed by atoms with Crippen LogP contribution in [0.4, 0.5) is 0 Å². The highest BCUT2D eigenvalue weighted by Gasteiger charge is 2.28. The van der Waals surface area contributed by atoms with Crippen LogP contribution in [0.5, 0.6) is 5.75 Å². The zero-order valence-corrected chi connectivity index (χ0v) is 31.3. The second-order valence-electron chi connectivity index (χ2n) is 15.1. The third kappa shape index (κ3) is 4.86. The standard InChI is InChI=1S/C52H31O4P/c53-57(54,55)56-52-46(42-24-20-35-18-16-31-10-6-12-33-22-26-44(42)50(35)48(31)33)28-37-8-2-4-14-41(37)51(52)45-29-38(27-36-7-1-3-13-39(36)45)40-23-19-34-17-15-30-9-5-11-32-21-25-43(40)49(34)47(30)32/h1-29H,(H2,53,54,55). The average molecular weight is 751 g/mol. The van der Waals surface area contributed by atoms with Gasteiger partial charge in [-0.25, -0.2) is 4.57 Å². The first-order valence-electron chi connectivity index (χ1n) is 19.1. The molecule has 0 saturated heterocycles. The number of benzene rings is 12. The molecular formula is C52H31O4P. The fourth-order valence-electron chi connectivity index (χ4n) is 9.64. The van der Waals surface area contributed by atoms with E-state index in [4.69, 9.17) is 4.52 Å². The van der Waals surface area contributed by atoms with Gasteiger partial charge in [-0.1, -0.05) is 158 Å². The van der Waals surface area contributed by atoms with E-state index in [2.05, 4.69) is 140 Å². The molecule has 12 rings (SSSR count). The van der Waals surface area contributed by atoms with Crippen molar-refractivity contribution in [3.05, 3.63) is 176 Å². The molecule has 0 atom stereocenters. The van der Waals surface area contributed by atoms with Crippen molar-refractivity contribution in [2.24, 2.45) is 0 Å². The summed E-state index contributed by atoms with van der Waals surface area (Å²) >= 11 is 0. The van der Waals surface area contributed by atoms with Crippen molar-refractivity contribution in [2.45, 2.75) is 0 Å². The summed E-state index contributed by atoms with van der Waals surface area (Å²) in [6.45, 7) is 0. The third-order valence-corrected chi connectivity index (χ3v) is 12.4. The quantitative estimate of drug-likeness (QED) is 0.136. The normalized spacial score (nSPS) is 12.5. The molecule has 4 nitrogen and oxygen atoms in total. The van der Waals surface area contributed by atoms with E-state index in [-0.39, 0.29) is 5.75 Å². The maximum Gasteiger partial charge on any atom is 0.524 e. The van der Waals surface area contributed by atoms with Crippen LogP contribution < -0.4 is 4.52 Å². The van der Waals surface area contributed by atoms with E-state index in [1.165, 1.54) is 32.3 Å². The van der Waals surface area contributed by atoms with Gasteiger partial charge in [0, 0.05) is 11.1 Å². The van der Waals surface area contributed by atoms with Gasteiger partial charge in [0.25, 0.3) is 0 Å². The fourth-order valence-corrected chi connectivity index (χ4v) is 10.1. The zero-order valence-electron chi connectivity index (χ0n) is 30.4. The third-order valence-electron chi connectivity index (χ3n) is 12.0. The van der Waals surface area contributed by atoms with Crippen LogP contribution in [-0.2, 0) is 4.57 Å². The van der Waals surface area contributed by atoms with Gasteiger partial charge in [0.05, 0.1) is 0 Å². The first kappa shape index (κ1) is 32.4. The molecule has 0 bridgehead atoms. The lowest BCUT2D eigenvalue weighted by Crippen LogP contribution is -1.99. The zero-order chi connectivity index (χ0) is 38.0. The van der Waals surface area contributed by atoms with E-state index in [0.717, 1.165) is 76.1 Å². The Morgan fingerprint density at radius 3 is 1.40 bits per heavy atom. The van der Waals surface area contributed by atoms with E-state index in [1.54, 1.807) is 0 Å². The number of hydrogen-bond acceptors (Lipinski definition) is 2. The van der Waals surface area contributed by atoms with Crippen molar-refractivity contribution in [1.29, 1.82) is 0 Å². The van der Waals surface area contributed by atoms with Crippen molar-refractivity contribution >= 4 is 94.0 Å². The van der Waals surface area contributed by atoms with Gasteiger partial charge in [0.15, 0.2) is 0 Å². The lowest BCUT2D eigenvalue weighted by Gasteiger charge is -2.22. The molecular weight excluding hydrogens is 720 g/mol. The molecule has 0 unspecified atom stereocenters. The summed E-state index contributed by atoms with van der Waals surface area (Å²) in [5.74, 6) is 0.148. The Morgan fingerprint density at radius 2 is 0.807 bits per heavy atom. The predicted octanol–water partition coefficient (Wildman–Crippen LogP) is 14.3. The van der Waals surface area contributed by atoms with Gasteiger partial charge in [0.2, 0.25) is 0 Å². The van der Waals surface area contributed by atoms with Gasteiger partial charge in [0.1, 0.15) is 5.75 Å². The number of hydrogen-bond donors (Lipinski definition) is 2. The van der Waals surface area contributed by atoms with Crippen LogP contribution in [0.1, 0.15) is 0 Å². The van der Waals surface area contributed by atoms with Gasteiger partial charge < -0.3 is 4.52 Å². The molecule has 0 aliphatic carbocycles. The highest BCUT2D eigenvalue weighted by Crippen LogP contribution is 2.54. The lowest BCUT2D eigenvalue weighted by atomic mass is 9.84. The monoisotopic (exact) mass is 750 g/mol. The fraction of sp³-hybridized carbons (Fsp3) is 0. The number of phosphoric acid groups is 1. The molecule has 5 heteroatoms. The van der Waals surface area contributed by atoms with Gasteiger partial charge in [-0.3, -0.25) is 9.79 Å². The van der Waals surface area contributed by atoms with Crippen LogP contribution in [0.3, 0.4) is 0 Å².